The van der Waals surface area contributed by atoms with E-state index in [1.165, 1.54) is 13.3 Å². The molecule has 1 heterocycles. The summed E-state index contributed by atoms with van der Waals surface area (Å²) in [5.41, 5.74) is 0.108. The first-order chi connectivity index (χ1) is 7.54. The summed E-state index contributed by atoms with van der Waals surface area (Å²) in [7, 11) is 1.17. The van der Waals surface area contributed by atoms with Crippen LogP contribution in [0.3, 0.4) is 0 Å². The number of hydrogen-bond acceptors (Lipinski definition) is 5. The Kier molecular flexibility index (Phi) is 4.33. The molecule has 0 bridgehead atoms. The molecular weight excluding hydrogens is 217 g/mol. The molecular formula is C10H12FNO4. The maximum Gasteiger partial charge on any atom is 0.308 e. The summed E-state index contributed by atoms with van der Waals surface area (Å²) >= 11 is 0. The summed E-state index contributed by atoms with van der Waals surface area (Å²) in [6.45, 7) is 0. The van der Waals surface area contributed by atoms with Crippen molar-refractivity contribution in [2.45, 2.75) is 18.6 Å². The molecule has 0 spiro atoms. The van der Waals surface area contributed by atoms with E-state index in [4.69, 9.17) is 0 Å². The number of rotatable bonds is 4. The second kappa shape index (κ2) is 5.53. The highest BCUT2D eigenvalue weighted by Crippen LogP contribution is 2.18. The number of hydrogen-bond donors (Lipinski definition) is 2. The molecule has 0 amide bonds. The Balaban J connectivity index is 2.70. The van der Waals surface area contributed by atoms with Gasteiger partial charge in [-0.15, -0.1) is 0 Å². The first-order valence-corrected chi connectivity index (χ1v) is 4.58. The van der Waals surface area contributed by atoms with Crippen molar-refractivity contribution in [3.8, 4) is 0 Å². The summed E-state index contributed by atoms with van der Waals surface area (Å²) in [4.78, 5) is 14.4. The molecule has 2 atom stereocenters. The van der Waals surface area contributed by atoms with Crippen LogP contribution in [0.1, 0.15) is 18.1 Å². The van der Waals surface area contributed by atoms with E-state index in [1.807, 2.05) is 0 Å². The van der Waals surface area contributed by atoms with Gasteiger partial charge in [-0.2, -0.15) is 0 Å². The lowest BCUT2D eigenvalue weighted by Crippen LogP contribution is -2.22. The van der Waals surface area contributed by atoms with Crippen LogP contribution in [0.15, 0.2) is 18.5 Å². The molecule has 6 heteroatoms. The molecule has 1 aromatic heterocycles. The number of methoxy groups -OCH3 is 1. The Morgan fingerprint density at radius 1 is 1.56 bits per heavy atom. The van der Waals surface area contributed by atoms with Crippen molar-refractivity contribution in [3.05, 3.63) is 29.8 Å². The zero-order chi connectivity index (χ0) is 12.1. The molecule has 0 radical (unpaired) electrons. The van der Waals surface area contributed by atoms with Gasteiger partial charge in [-0.05, 0) is 6.07 Å². The molecule has 0 aliphatic heterocycles. The molecule has 0 aliphatic rings. The van der Waals surface area contributed by atoms with E-state index < -0.39 is 24.0 Å². The smallest absolute Gasteiger partial charge is 0.308 e. The van der Waals surface area contributed by atoms with Gasteiger partial charge in [-0.1, -0.05) is 0 Å². The zero-order valence-corrected chi connectivity index (χ0v) is 8.63. The van der Waals surface area contributed by atoms with Crippen LogP contribution in [0, 0.1) is 5.82 Å². The van der Waals surface area contributed by atoms with Crippen molar-refractivity contribution in [3.63, 3.8) is 0 Å². The van der Waals surface area contributed by atoms with Gasteiger partial charge >= 0.3 is 5.97 Å². The maximum absolute atomic E-state index is 12.8. The summed E-state index contributed by atoms with van der Waals surface area (Å²) in [5.74, 6) is -1.28. The standard InChI is InChI=1S/C10H12FNO4/c1-16-9(14)3-8(13)10(15)6-2-7(11)5-12-4-6/h2,4-5,8,10,13,15H,3H2,1H3. The monoisotopic (exact) mass is 229 g/mol. The van der Waals surface area contributed by atoms with Crippen molar-refractivity contribution >= 4 is 5.97 Å². The maximum atomic E-state index is 12.8. The molecule has 88 valence electrons. The van der Waals surface area contributed by atoms with Gasteiger partial charge in [0.05, 0.1) is 25.8 Å². The van der Waals surface area contributed by atoms with Crippen LogP contribution in [0.25, 0.3) is 0 Å². The van der Waals surface area contributed by atoms with E-state index in [0.29, 0.717) is 0 Å². The Morgan fingerprint density at radius 2 is 2.25 bits per heavy atom. The molecule has 0 fully saturated rings. The fourth-order valence-electron chi connectivity index (χ4n) is 1.18. The molecule has 0 aromatic carbocycles. The van der Waals surface area contributed by atoms with Crippen molar-refractivity contribution in [2.24, 2.45) is 0 Å². The normalized spacial score (nSPS) is 14.2. The van der Waals surface area contributed by atoms with Crippen molar-refractivity contribution in [2.75, 3.05) is 7.11 Å². The van der Waals surface area contributed by atoms with Gasteiger partial charge in [0.2, 0.25) is 0 Å². The van der Waals surface area contributed by atoms with E-state index >= 15 is 0 Å². The average molecular weight is 229 g/mol. The van der Waals surface area contributed by atoms with Crippen LogP contribution in [-0.2, 0) is 9.53 Å². The van der Waals surface area contributed by atoms with Crippen molar-refractivity contribution in [1.82, 2.24) is 4.98 Å². The number of carbonyl (C=O) groups excluding carboxylic acids is 1. The Hall–Kier alpha value is -1.53. The minimum Gasteiger partial charge on any atom is -0.469 e. The highest BCUT2D eigenvalue weighted by atomic mass is 19.1. The van der Waals surface area contributed by atoms with Gasteiger partial charge in [-0.25, -0.2) is 4.39 Å². The predicted octanol–water partition coefficient (Wildman–Crippen LogP) is 0.178. The average Bonchev–Trinajstić information content (AvgIpc) is 2.27. The number of nitrogens with zero attached hydrogens (tertiary/aromatic N) is 1. The summed E-state index contributed by atoms with van der Waals surface area (Å²) in [5, 5.41) is 19.1. The number of aliphatic hydroxyl groups excluding tert-OH is 2. The second-order valence-corrected chi connectivity index (χ2v) is 3.23. The topological polar surface area (TPSA) is 79.7 Å². The van der Waals surface area contributed by atoms with Gasteiger partial charge in [-0.3, -0.25) is 9.78 Å². The van der Waals surface area contributed by atoms with Crippen LogP contribution in [0.2, 0.25) is 0 Å². The lowest BCUT2D eigenvalue weighted by molar-refractivity contribution is -0.144. The lowest BCUT2D eigenvalue weighted by Gasteiger charge is -2.16. The van der Waals surface area contributed by atoms with E-state index in [-0.39, 0.29) is 12.0 Å². The molecule has 1 rings (SSSR count). The van der Waals surface area contributed by atoms with Crippen LogP contribution in [0.4, 0.5) is 4.39 Å². The van der Waals surface area contributed by atoms with Crippen LogP contribution in [-0.4, -0.2) is 34.4 Å². The summed E-state index contributed by atoms with van der Waals surface area (Å²) < 4.78 is 17.1. The van der Waals surface area contributed by atoms with Crippen molar-refractivity contribution in [1.29, 1.82) is 0 Å². The fraction of sp³-hybridized carbons (Fsp3) is 0.400. The Morgan fingerprint density at radius 3 is 2.81 bits per heavy atom. The van der Waals surface area contributed by atoms with Crippen LogP contribution < -0.4 is 0 Å². The number of carbonyl (C=O) groups is 1. The number of esters is 1. The highest BCUT2D eigenvalue weighted by Gasteiger charge is 2.22. The fourth-order valence-corrected chi connectivity index (χ4v) is 1.18. The number of pyridine rings is 1. The van der Waals surface area contributed by atoms with Crippen LogP contribution >= 0.6 is 0 Å². The Bertz CT molecular complexity index is 372. The minimum absolute atomic E-state index is 0.108. The molecule has 0 aliphatic carbocycles. The first kappa shape index (κ1) is 12.5. The van der Waals surface area contributed by atoms with Crippen LogP contribution in [0.5, 0.6) is 0 Å². The van der Waals surface area contributed by atoms with Crippen molar-refractivity contribution < 1.29 is 24.1 Å². The molecule has 1 aromatic rings. The van der Waals surface area contributed by atoms with Gasteiger partial charge in [0, 0.05) is 11.8 Å². The quantitative estimate of drug-likeness (QED) is 0.720. The van der Waals surface area contributed by atoms with Gasteiger partial charge in [0.15, 0.2) is 0 Å². The second-order valence-electron chi connectivity index (χ2n) is 3.23. The number of ether oxygens (including phenoxy) is 1. The van der Waals surface area contributed by atoms with E-state index in [9.17, 15) is 19.4 Å². The molecule has 0 saturated heterocycles. The SMILES string of the molecule is COC(=O)CC(O)C(O)c1cncc(F)c1. The predicted molar refractivity (Wildman–Crippen MR) is 51.8 cm³/mol. The first-order valence-electron chi connectivity index (χ1n) is 4.58. The largest absolute Gasteiger partial charge is 0.469 e. The zero-order valence-electron chi connectivity index (χ0n) is 8.63. The third-order valence-electron chi connectivity index (χ3n) is 2.04. The molecule has 16 heavy (non-hydrogen) atoms. The third kappa shape index (κ3) is 3.25. The number of aliphatic hydroxyl groups is 2. The van der Waals surface area contributed by atoms with Gasteiger partial charge < -0.3 is 14.9 Å². The van der Waals surface area contributed by atoms with Gasteiger partial charge in [0.25, 0.3) is 0 Å². The molecule has 0 saturated carbocycles. The Labute approximate surface area is 91.5 Å². The molecule has 2 N–H and O–H groups in total. The lowest BCUT2D eigenvalue weighted by atomic mass is 10.0. The third-order valence-corrected chi connectivity index (χ3v) is 2.04. The molecule has 2 unspecified atom stereocenters. The van der Waals surface area contributed by atoms with E-state index in [2.05, 4.69) is 9.72 Å². The summed E-state index contributed by atoms with van der Waals surface area (Å²) in [6, 6.07) is 1.04. The number of aromatic nitrogens is 1. The van der Waals surface area contributed by atoms with Gasteiger partial charge in [0.1, 0.15) is 11.9 Å². The summed E-state index contributed by atoms with van der Waals surface area (Å²) in [6.07, 6.45) is -0.899. The number of halogens is 1. The molecule has 5 nitrogen and oxygen atoms in total. The van der Waals surface area contributed by atoms with E-state index in [0.717, 1.165) is 12.3 Å². The highest BCUT2D eigenvalue weighted by molar-refractivity contribution is 5.69. The minimum atomic E-state index is -1.37. The van der Waals surface area contributed by atoms with E-state index in [1.54, 1.807) is 0 Å².